The van der Waals surface area contributed by atoms with Crippen LogP contribution in [0, 0.1) is 0 Å². The van der Waals surface area contributed by atoms with Gasteiger partial charge in [-0.15, -0.1) is 11.3 Å². The van der Waals surface area contributed by atoms with Crippen molar-refractivity contribution in [3.05, 3.63) is 65.9 Å². The number of thiazole rings is 1. The highest BCUT2D eigenvalue weighted by atomic mass is 35.5. The van der Waals surface area contributed by atoms with Crippen molar-refractivity contribution < 1.29 is 36.7 Å². The molecule has 246 valence electrons. The van der Waals surface area contributed by atoms with Gasteiger partial charge in [-0.25, -0.2) is 4.98 Å². The number of benzene rings is 3. The maximum Gasteiger partial charge on any atom is 0.294 e. The quantitative estimate of drug-likeness (QED) is 0.193. The van der Waals surface area contributed by atoms with Gasteiger partial charge in [0.05, 0.1) is 60.4 Å². The number of fused-ring (bicyclic) bond motifs is 2. The minimum atomic E-state index is -4.48. The Morgan fingerprint density at radius 3 is 2.09 bits per heavy atom. The first-order valence-corrected chi connectivity index (χ1v) is 17.0. The van der Waals surface area contributed by atoms with Crippen LogP contribution in [0.3, 0.4) is 0 Å². The second kappa shape index (κ2) is 15.2. The van der Waals surface area contributed by atoms with E-state index in [-0.39, 0.29) is 28.7 Å². The van der Waals surface area contributed by atoms with Crippen LogP contribution in [0.5, 0.6) is 11.5 Å². The molecular weight excluding hydrogens is 672 g/mol. The largest absolute Gasteiger partial charge is 0.487 e. The molecule has 0 radical (unpaired) electrons. The topological polar surface area (TPSA) is 176 Å². The van der Waals surface area contributed by atoms with E-state index < -0.39 is 10.1 Å². The smallest absolute Gasteiger partial charge is 0.294 e. The van der Waals surface area contributed by atoms with Crippen LogP contribution in [0.1, 0.15) is 0 Å². The second-order valence-corrected chi connectivity index (χ2v) is 12.7. The first-order chi connectivity index (χ1) is 22.8. The van der Waals surface area contributed by atoms with Gasteiger partial charge >= 0.3 is 0 Å². The summed E-state index contributed by atoms with van der Waals surface area (Å²) >= 11 is 7.65. The molecule has 0 bridgehead atoms. The minimum absolute atomic E-state index is 0.0735. The van der Waals surface area contributed by atoms with Gasteiger partial charge in [-0.1, -0.05) is 12.1 Å². The Bertz CT molecular complexity index is 1930. The zero-order valence-electron chi connectivity index (χ0n) is 24.7. The summed E-state index contributed by atoms with van der Waals surface area (Å²) in [5, 5.41) is 6.62. The molecule has 6 rings (SSSR count). The van der Waals surface area contributed by atoms with E-state index in [4.69, 9.17) is 35.3 Å². The van der Waals surface area contributed by atoms with E-state index in [9.17, 15) is 13.0 Å². The van der Waals surface area contributed by atoms with E-state index in [1.54, 1.807) is 18.2 Å². The van der Waals surface area contributed by atoms with E-state index in [1.807, 2.05) is 24.3 Å². The summed E-state index contributed by atoms with van der Waals surface area (Å²) < 4.78 is 62.9. The summed E-state index contributed by atoms with van der Waals surface area (Å²) in [7, 11) is -4.48. The average Bonchev–Trinajstić information content (AvgIpc) is 3.47. The molecule has 0 saturated heterocycles. The van der Waals surface area contributed by atoms with Gasteiger partial charge in [-0.3, -0.25) is 4.55 Å². The van der Waals surface area contributed by atoms with Crippen LogP contribution in [0.2, 0.25) is 5.28 Å². The monoisotopic (exact) mass is 700 g/mol. The molecule has 5 aromatic rings. The number of rotatable bonds is 6. The first-order valence-electron chi connectivity index (χ1n) is 14.4. The summed E-state index contributed by atoms with van der Waals surface area (Å²) in [6.45, 7) is 3.20. The zero-order valence-corrected chi connectivity index (χ0v) is 27.1. The van der Waals surface area contributed by atoms with E-state index in [0.717, 1.165) is 10.2 Å². The number of halogens is 1. The van der Waals surface area contributed by atoms with Crippen LogP contribution in [-0.4, -0.2) is 85.8 Å². The van der Waals surface area contributed by atoms with Crippen molar-refractivity contribution in [2.45, 2.75) is 4.90 Å². The van der Waals surface area contributed by atoms with Crippen LogP contribution >= 0.6 is 22.9 Å². The molecule has 3 aromatic carbocycles. The number of hydrogen-bond acceptors (Lipinski definition) is 14. The molecule has 14 nitrogen and oxygen atoms in total. The Morgan fingerprint density at radius 2 is 1.38 bits per heavy atom. The van der Waals surface area contributed by atoms with E-state index >= 15 is 0 Å². The maximum atomic E-state index is 12.0. The van der Waals surface area contributed by atoms with E-state index in [0.29, 0.717) is 79.7 Å². The van der Waals surface area contributed by atoms with Crippen molar-refractivity contribution in [1.29, 1.82) is 0 Å². The normalized spacial score (nSPS) is 15.0. The summed E-state index contributed by atoms with van der Waals surface area (Å²) in [6, 6.07) is 16.9. The lowest BCUT2D eigenvalue weighted by atomic mass is 10.2. The number of ether oxygens (including phenoxy) is 5. The van der Waals surface area contributed by atoms with Crippen LogP contribution in [0.15, 0.2) is 65.6 Å². The highest BCUT2D eigenvalue weighted by Crippen LogP contribution is 2.37. The van der Waals surface area contributed by atoms with Crippen molar-refractivity contribution in [2.24, 2.45) is 0 Å². The third kappa shape index (κ3) is 8.81. The summed E-state index contributed by atoms with van der Waals surface area (Å²) in [4.78, 5) is 17.2. The lowest BCUT2D eigenvalue weighted by Gasteiger charge is -2.15. The van der Waals surface area contributed by atoms with Gasteiger partial charge in [0.25, 0.3) is 10.1 Å². The van der Waals surface area contributed by atoms with Gasteiger partial charge in [-0.2, -0.15) is 23.4 Å². The molecule has 0 amide bonds. The molecule has 0 unspecified atom stereocenters. The predicted molar refractivity (Wildman–Crippen MR) is 176 cm³/mol. The van der Waals surface area contributed by atoms with Gasteiger partial charge in [0, 0.05) is 17.3 Å². The van der Waals surface area contributed by atoms with Crippen molar-refractivity contribution in [3.63, 3.8) is 0 Å². The van der Waals surface area contributed by atoms with Crippen LogP contribution < -0.4 is 20.1 Å². The lowest BCUT2D eigenvalue weighted by Crippen LogP contribution is -2.13. The number of anilines is 4. The molecule has 0 aliphatic carbocycles. The molecule has 17 heteroatoms. The van der Waals surface area contributed by atoms with Crippen LogP contribution in [-0.2, 0) is 24.3 Å². The van der Waals surface area contributed by atoms with Crippen molar-refractivity contribution >= 4 is 66.5 Å². The fourth-order valence-corrected chi connectivity index (χ4v) is 6.11. The molecule has 1 aliphatic rings. The minimum Gasteiger partial charge on any atom is -0.487 e. The fourth-order valence-electron chi connectivity index (χ4n) is 4.45. The predicted octanol–water partition coefficient (Wildman–Crippen LogP) is 5.36. The highest BCUT2D eigenvalue weighted by Gasteiger charge is 2.18. The summed E-state index contributed by atoms with van der Waals surface area (Å²) in [5.41, 5.74) is 2.16. The second-order valence-electron chi connectivity index (χ2n) is 9.87. The van der Waals surface area contributed by atoms with Gasteiger partial charge in [-0.05, 0) is 54.1 Å². The number of nitrogens with zero attached hydrogens (tertiary/aromatic N) is 4. The molecule has 3 N–H and O–H groups in total. The Labute approximate surface area is 278 Å². The van der Waals surface area contributed by atoms with Crippen LogP contribution in [0.25, 0.3) is 20.8 Å². The van der Waals surface area contributed by atoms with Gasteiger partial charge in [0.2, 0.25) is 17.2 Å². The molecule has 0 saturated carbocycles. The molecule has 0 fully saturated rings. The SMILES string of the molecule is O=S(=O)(O)c1ccc(Nc2nc(Cl)nc(Nc3ccc4c(c3)OCCOCCOCCOCCO4)n2)c(-c2nc3ccccc3s2)c1. The Hall–Kier alpha value is -4.16. The number of hydrogen-bond donors (Lipinski definition) is 3. The molecule has 3 heterocycles. The van der Waals surface area contributed by atoms with E-state index in [1.165, 1.54) is 29.5 Å². The molecule has 47 heavy (non-hydrogen) atoms. The van der Waals surface area contributed by atoms with Gasteiger partial charge in [0.15, 0.2) is 11.5 Å². The van der Waals surface area contributed by atoms with Gasteiger partial charge in [0.1, 0.15) is 18.2 Å². The fraction of sp³-hybridized carbons (Fsp3) is 0.267. The Morgan fingerprint density at radius 1 is 0.723 bits per heavy atom. The highest BCUT2D eigenvalue weighted by molar-refractivity contribution is 7.85. The lowest BCUT2D eigenvalue weighted by molar-refractivity contribution is 0.00708. The molecule has 1 aliphatic heterocycles. The zero-order chi connectivity index (χ0) is 32.6. The average molecular weight is 701 g/mol. The van der Waals surface area contributed by atoms with E-state index in [2.05, 4.69) is 30.6 Å². The molecule has 0 spiro atoms. The molecule has 0 atom stereocenters. The third-order valence-corrected chi connectivity index (χ3v) is 8.67. The number of nitrogens with one attached hydrogen (secondary N) is 2. The van der Waals surface area contributed by atoms with Crippen LogP contribution in [0.4, 0.5) is 23.3 Å². The van der Waals surface area contributed by atoms with Crippen molar-refractivity contribution in [3.8, 4) is 22.1 Å². The Balaban J connectivity index is 1.25. The Kier molecular flexibility index (Phi) is 10.6. The standard InChI is InChI=1S/C30H29ClN6O8S2/c31-28-35-29(32-19-5-8-24-25(17-19)45-16-14-43-12-10-41-9-11-42-13-15-44-24)37-30(36-28)34-22-7-6-20(47(38,39)40)18-21(22)27-33-23-3-1-2-4-26(23)46-27/h1-8,17-18H,9-16H2,(H,38,39,40)(H2,32,34,35,36,37). The molecule has 2 aromatic heterocycles. The van der Waals surface area contributed by atoms with Gasteiger partial charge < -0.3 is 34.3 Å². The maximum absolute atomic E-state index is 12.0. The third-order valence-electron chi connectivity index (χ3n) is 6.58. The van der Waals surface area contributed by atoms with Crippen molar-refractivity contribution in [2.75, 3.05) is 63.5 Å². The molecular formula is C30H29ClN6O8S2. The van der Waals surface area contributed by atoms with Crippen molar-refractivity contribution in [1.82, 2.24) is 19.9 Å². The number of aromatic nitrogens is 4. The summed E-state index contributed by atoms with van der Waals surface area (Å²) in [6.07, 6.45) is 0. The number of para-hydroxylation sites is 1. The summed E-state index contributed by atoms with van der Waals surface area (Å²) in [5.74, 6) is 1.20. The first kappa shape index (κ1) is 32.8.